The van der Waals surface area contributed by atoms with Gasteiger partial charge in [-0.25, -0.2) is 0 Å². The second-order valence-corrected chi connectivity index (χ2v) is 6.25. The Balaban J connectivity index is 1.91. The SMILES string of the molecule is CN1C(=O)c2cccc3c(-c4cccc5ccccc45)ccc1c23. The zero-order valence-electron chi connectivity index (χ0n) is 13.3. The van der Waals surface area contributed by atoms with Crippen molar-refractivity contribution < 1.29 is 4.79 Å². The molecule has 2 heteroatoms. The molecule has 0 unspecified atom stereocenters. The molecule has 0 saturated carbocycles. The lowest BCUT2D eigenvalue weighted by atomic mass is 9.92. The van der Waals surface area contributed by atoms with Gasteiger partial charge < -0.3 is 4.90 Å². The van der Waals surface area contributed by atoms with Crippen LogP contribution in [-0.2, 0) is 0 Å². The fraction of sp³-hybridized carbons (Fsp3) is 0.0455. The van der Waals surface area contributed by atoms with Crippen molar-refractivity contribution in [2.24, 2.45) is 0 Å². The predicted octanol–water partition coefficient (Wildman–Crippen LogP) is 5.25. The monoisotopic (exact) mass is 309 g/mol. The molecule has 0 aromatic heterocycles. The molecule has 4 aromatic carbocycles. The van der Waals surface area contributed by atoms with Crippen LogP contribution in [0.25, 0.3) is 32.7 Å². The summed E-state index contributed by atoms with van der Waals surface area (Å²) in [6.07, 6.45) is 0. The van der Waals surface area contributed by atoms with Crippen LogP contribution in [0.3, 0.4) is 0 Å². The number of carbonyl (C=O) groups is 1. The Morgan fingerprint density at radius 2 is 1.33 bits per heavy atom. The molecule has 1 amide bonds. The van der Waals surface area contributed by atoms with Gasteiger partial charge in [-0.3, -0.25) is 4.79 Å². The first-order valence-corrected chi connectivity index (χ1v) is 8.07. The first-order chi connectivity index (χ1) is 11.8. The normalized spacial score (nSPS) is 13.2. The van der Waals surface area contributed by atoms with Crippen molar-refractivity contribution in [1.29, 1.82) is 0 Å². The van der Waals surface area contributed by atoms with Crippen LogP contribution >= 0.6 is 0 Å². The fourth-order valence-corrected chi connectivity index (χ4v) is 3.83. The van der Waals surface area contributed by atoms with E-state index in [1.165, 1.54) is 21.9 Å². The van der Waals surface area contributed by atoms with Crippen LogP contribution in [0, 0.1) is 0 Å². The standard InChI is InChI=1S/C22H15NO/c1-23-20-13-12-17(18-10-5-11-19(21(18)20)22(23)24)16-9-4-7-14-6-2-3-8-15(14)16/h2-13H,1H3. The topological polar surface area (TPSA) is 20.3 Å². The second kappa shape index (κ2) is 4.68. The third-order valence-corrected chi connectivity index (χ3v) is 4.99. The molecular weight excluding hydrogens is 294 g/mol. The van der Waals surface area contributed by atoms with Gasteiger partial charge in [-0.1, -0.05) is 60.7 Å². The highest BCUT2D eigenvalue weighted by atomic mass is 16.2. The van der Waals surface area contributed by atoms with Crippen LogP contribution in [0.2, 0.25) is 0 Å². The van der Waals surface area contributed by atoms with E-state index in [9.17, 15) is 4.79 Å². The van der Waals surface area contributed by atoms with Gasteiger partial charge in [-0.2, -0.15) is 0 Å². The largest absolute Gasteiger partial charge is 0.311 e. The van der Waals surface area contributed by atoms with E-state index in [1.807, 2.05) is 19.2 Å². The maximum atomic E-state index is 12.5. The Morgan fingerprint density at radius 3 is 2.25 bits per heavy atom. The van der Waals surface area contributed by atoms with Crippen molar-refractivity contribution in [2.45, 2.75) is 0 Å². The average molecular weight is 309 g/mol. The number of carbonyl (C=O) groups excluding carboxylic acids is 1. The van der Waals surface area contributed by atoms with Crippen molar-refractivity contribution in [1.82, 2.24) is 0 Å². The van der Waals surface area contributed by atoms with E-state index < -0.39 is 0 Å². The molecule has 0 aliphatic carbocycles. The van der Waals surface area contributed by atoms with Crippen LogP contribution in [0.4, 0.5) is 5.69 Å². The summed E-state index contributed by atoms with van der Waals surface area (Å²) in [6, 6.07) is 25.0. The Labute approximate surface area is 139 Å². The summed E-state index contributed by atoms with van der Waals surface area (Å²) in [7, 11) is 1.84. The van der Waals surface area contributed by atoms with Crippen LogP contribution in [-0.4, -0.2) is 13.0 Å². The summed E-state index contributed by atoms with van der Waals surface area (Å²) < 4.78 is 0. The minimum absolute atomic E-state index is 0.0747. The van der Waals surface area contributed by atoms with E-state index in [2.05, 4.69) is 60.7 Å². The van der Waals surface area contributed by atoms with Crippen LogP contribution in [0.5, 0.6) is 0 Å². The molecule has 4 aromatic rings. The molecule has 0 saturated heterocycles. The van der Waals surface area contributed by atoms with Gasteiger partial charge in [0, 0.05) is 18.0 Å². The molecule has 0 atom stereocenters. The van der Waals surface area contributed by atoms with Crippen LogP contribution in [0.1, 0.15) is 10.4 Å². The van der Waals surface area contributed by atoms with E-state index >= 15 is 0 Å². The molecule has 1 aliphatic rings. The number of amides is 1. The van der Waals surface area contributed by atoms with Gasteiger partial charge in [0.25, 0.3) is 5.91 Å². The average Bonchev–Trinajstić information content (AvgIpc) is 2.88. The summed E-state index contributed by atoms with van der Waals surface area (Å²) in [6.45, 7) is 0. The van der Waals surface area contributed by atoms with Gasteiger partial charge in [-0.15, -0.1) is 0 Å². The van der Waals surface area contributed by atoms with Gasteiger partial charge in [0.1, 0.15) is 0 Å². The number of hydrogen-bond acceptors (Lipinski definition) is 1. The maximum Gasteiger partial charge on any atom is 0.258 e. The first-order valence-electron chi connectivity index (χ1n) is 8.07. The highest BCUT2D eigenvalue weighted by Gasteiger charge is 2.27. The van der Waals surface area contributed by atoms with E-state index in [4.69, 9.17) is 0 Å². The molecule has 5 rings (SSSR count). The second-order valence-electron chi connectivity index (χ2n) is 6.25. The van der Waals surface area contributed by atoms with E-state index in [1.54, 1.807) is 4.90 Å². The summed E-state index contributed by atoms with van der Waals surface area (Å²) in [5, 5.41) is 4.67. The third kappa shape index (κ3) is 1.63. The minimum atomic E-state index is 0.0747. The van der Waals surface area contributed by atoms with Crippen molar-refractivity contribution in [3.8, 4) is 11.1 Å². The molecule has 114 valence electrons. The summed E-state index contributed by atoms with van der Waals surface area (Å²) in [5.41, 5.74) is 4.18. The predicted molar refractivity (Wildman–Crippen MR) is 99.6 cm³/mol. The lowest BCUT2D eigenvalue weighted by Gasteiger charge is -2.13. The summed E-state index contributed by atoms with van der Waals surface area (Å²) >= 11 is 0. The van der Waals surface area contributed by atoms with Crippen LogP contribution < -0.4 is 4.90 Å². The van der Waals surface area contributed by atoms with Crippen molar-refractivity contribution in [3.05, 3.63) is 78.4 Å². The Bertz CT molecular complexity index is 1140. The van der Waals surface area contributed by atoms with Crippen LogP contribution in [0.15, 0.2) is 72.8 Å². The molecule has 0 spiro atoms. The van der Waals surface area contributed by atoms with Crippen molar-refractivity contribution >= 4 is 33.1 Å². The zero-order valence-corrected chi connectivity index (χ0v) is 13.3. The molecule has 24 heavy (non-hydrogen) atoms. The third-order valence-electron chi connectivity index (χ3n) is 4.99. The molecule has 0 radical (unpaired) electrons. The number of nitrogens with zero attached hydrogens (tertiary/aromatic N) is 1. The fourth-order valence-electron chi connectivity index (χ4n) is 3.83. The number of fused-ring (bicyclic) bond motifs is 1. The smallest absolute Gasteiger partial charge is 0.258 e. The summed E-state index contributed by atoms with van der Waals surface area (Å²) in [5.74, 6) is 0.0747. The van der Waals surface area contributed by atoms with Gasteiger partial charge in [0.15, 0.2) is 0 Å². The molecular formula is C22H15NO. The van der Waals surface area contributed by atoms with Gasteiger partial charge in [0.05, 0.1) is 5.69 Å². The van der Waals surface area contributed by atoms with Crippen molar-refractivity contribution in [2.75, 3.05) is 11.9 Å². The molecule has 0 N–H and O–H groups in total. The quantitative estimate of drug-likeness (QED) is 0.470. The highest BCUT2D eigenvalue weighted by molar-refractivity contribution is 6.27. The summed E-state index contributed by atoms with van der Waals surface area (Å²) in [4.78, 5) is 14.2. The number of hydrogen-bond donors (Lipinski definition) is 0. The number of benzene rings is 4. The first kappa shape index (κ1) is 13.3. The zero-order chi connectivity index (χ0) is 16.3. The highest BCUT2D eigenvalue weighted by Crippen LogP contribution is 2.42. The van der Waals surface area contributed by atoms with Gasteiger partial charge >= 0.3 is 0 Å². The Hall–Kier alpha value is -3.13. The van der Waals surface area contributed by atoms with Crippen molar-refractivity contribution in [3.63, 3.8) is 0 Å². The molecule has 1 heterocycles. The lowest BCUT2D eigenvalue weighted by molar-refractivity contribution is 0.0999. The van der Waals surface area contributed by atoms with E-state index in [-0.39, 0.29) is 5.91 Å². The van der Waals surface area contributed by atoms with E-state index in [0.29, 0.717) is 0 Å². The van der Waals surface area contributed by atoms with E-state index in [0.717, 1.165) is 22.0 Å². The lowest BCUT2D eigenvalue weighted by Crippen LogP contribution is -2.20. The number of anilines is 1. The Kier molecular flexibility index (Phi) is 2.60. The number of rotatable bonds is 1. The maximum absolute atomic E-state index is 12.5. The molecule has 2 nitrogen and oxygen atoms in total. The van der Waals surface area contributed by atoms with Gasteiger partial charge in [-0.05, 0) is 39.4 Å². The molecule has 1 aliphatic heterocycles. The minimum Gasteiger partial charge on any atom is -0.311 e. The molecule has 0 bridgehead atoms. The Morgan fingerprint density at radius 1 is 0.667 bits per heavy atom. The van der Waals surface area contributed by atoms with Gasteiger partial charge in [0.2, 0.25) is 0 Å². The molecule has 0 fully saturated rings.